The predicted molar refractivity (Wildman–Crippen MR) is 81.1 cm³/mol. The molecule has 0 unspecified atom stereocenters. The van der Waals surface area contributed by atoms with Crippen molar-refractivity contribution in [3.63, 3.8) is 0 Å². The zero-order chi connectivity index (χ0) is 15.2. The van der Waals surface area contributed by atoms with Gasteiger partial charge in [-0.15, -0.1) is 0 Å². The fourth-order valence-electron chi connectivity index (χ4n) is 1.69. The van der Waals surface area contributed by atoms with E-state index in [4.69, 9.17) is 16.3 Å². The average molecular weight is 306 g/mol. The zero-order valence-electron chi connectivity index (χ0n) is 11.3. The predicted octanol–water partition coefficient (Wildman–Crippen LogP) is 4.41. The second-order valence-corrected chi connectivity index (χ2v) is 4.55. The second kappa shape index (κ2) is 6.99. The molecule has 3 nitrogen and oxygen atoms in total. The molecule has 108 valence electrons. The van der Waals surface area contributed by atoms with E-state index in [1.54, 1.807) is 43.3 Å². The molecule has 0 N–H and O–H groups in total. The zero-order valence-corrected chi connectivity index (χ0v) is 12.1. The van der Waals surface area contributed by atoms with E-state index in [2.05, 4.69) is 4.99 Å². The molecule has 0 heterocycles. The Balaban J connectivity index is 2.23. The van der Waals surface area contributed by atoms with Gasteiger partial charge in [-0.25, -0.2) is 9.18 Å². The van der Waals surface area contributed by atoms with Crippen LogP contribution in [0.5, 0.6) is 0 Å². The van der Waals surface area contributed by atoms with Gasteiger partial charge in [0, 0.05) is 11.8 Å². The number of hydrogen-bond acceptors (Lipinski definition) is 3. The van der Waals surface area contributed by atoms with Crippen molar-refractivity contribution < 1.29 is 13.9 Å². The molecule has 21 heavy (non-hydrogen) atoms. The highest BCUT2D eigenvalue weighted by molar-refractivity contribution is 6.33. The van der Waals surface area contributed by atoms with Gasteiger partial charge in [0.1, 0.15) is 5.82 Å². The molecule has 0 spiro atoms. The summed E-state index contributed by atoms with van der Waals surface area (Å²) >= 11 is 5.84. The van der Waals surface area contributed by atoms with E-state index in [-0.39, 0.29) is 5.02 Å². The van der Waals surface area contributed by atoms with Crippen molar-refractivity contribution >= 4 is 29.5 Å². The number of hydrogen-bond donors (Lipinski definition) is 0. The van der Waals surface area contributed by atoms with Gasteiger partial charge in [-0.3, -0.25) is 4.99 Å². The van der Waals surface area contributed by atoms with E-state index in [1.807, 2.05) is 0 Å². The Bertz CT molecular complexity index is 686. The Morgan fingerprint density at radius 3 is 2.86 bits per heavy atom. The Kier molecular flexibility index (Phi) is 5.06. The largest absolute Gasteiger partial charge is 0.462 e. The van der Waals surface area contributed by atoms with Gasteiger partial charge < -0.3 is 4.74 Å². The highest BCUT2D eigenvalue weighted by Crippen LogP contribution is 2.20. The van der Waals surface area contributed by atoms with Crippen LogP contribution in [0, 0.1) is 5.82 Å². The number of esters is 1. The van der Waals surface area contributed by atoms with Crippen LogP contribution in [0.1, 0.15) is 22.8 Å². The van der Waals surface area contributed by atoms with Gasteiger partial charge in [-0.2, -0.15) is 0 Å². The fraction of sp³-hybridized carbons (Fsp3) is 0.125. The molecule has 0 saturated heterocycles. The Hall–Kier alpha value is -2.20. The van der Waals surface area contributed by atoms with Crippen molar-refractivity contribution in [1.29, 1.82) is 0 Å². The molecule has 0 amide bonds. The first-order chi connectivity index (χ1) is 10.1. The van der Waals surface area contributed by atoms with Crippen LogP contribution < -0.4 is 0 Å². The lowest BCUT2D eigenvalue weighted by Gasteiger charge is -2.02. The number of carbonyl (C=O) groups excluding carboxylic acids is 1. The molecule has 0 aliphatic heterocycles. The Morgan fingerprint density at radius 1 is 1.33 bits per heavy atom. The minimum Gasteiger partial charge on any atom is -0.462 e. The van der Waals surface area contributed by atoms with Crippen molar-refractivity contribution in [3.8, 4) is 0 Å². The van der Waals surface area contributed by atoms with Gasteiger partial charge >= 0.3 is 5.97 Å². The van der Waals surface area contributed by atoms with Crippen molar-refractivity contribution in [1.82, 2.24) is 0 Å². The minimum absolute atomic E-state index is 0.0165. The smallest absolute Gasteiger partial charge is 0.338 e. The van der Waals surface area contributed by atoms with Crippen molar-refractivity contribution in [2.45, 2.75) is 6.92 Å². The van der Waals surface area contributed by atoms with Gasteiger partial charge in [0.15, 0.2) is 0 Å². The summed E-state index contributed by atoms with van der Waals surface area (Å²) in [5, 5.41) is 0.0165. The third kappa shape index (κ3) is 3.89. The van der Waals surface area contributed by atoms with Crippen LogP contribution in [0.4, 0.5) is 10.1 Å². The molecule has 0 aliphatic rings. The number of ether oxygens (including phenoxy) is 1. The first kappa shape index (κ1) is 15.2. The Labute approximate surface area is 127 Å². The molecule has 0 bridgehead atoms. The third-order valence-electron chi connectivity index (χ3n) is 2.69. The number of benzene rings is 2. The number of halogens is 2. The van der Waals surface area contributed by atoms with Crippen molar-refractivity contribution in [2.24, 2.45) is 4.99 Å². The van der Waals surface area contributed by atoms with Gasteiger partial charge in [-0.05, 0) is 31.2 Å². The molecule has 0 aliphatic carbocycles. The number of nitrogens with zero attached hydrogens (tertiary/aromatic N) is 1. The van der Waals surface area contributed by atoms with Crippen LogP contribution in [0.3, 0.4) is 0 Å². The first-order valence-corrected chi connectivity index (χ1v) is 6.75. The Morgan fingerprint density at radius 2 is 2.10 bits per heavy atom. The fourth-order valence-corrected chi connectivity index (χ4v) is 1.87. The van der Waals surface area contributed by atoms with Crippen LogP contribution in [-0.4, -0.2) is 18.8 Å². The SMILES string of the molecule is CCOC(=O)c1cccc(N=Cc2cccc(F)c2Cl)c1. The summed E-state index contributed by atoms with van der Waals surface area (Å²) in [6, 6.07) is 11.2. The summed E-state index contributed by atoms with van der Waals surface area (Å²) in [6.45, 7) is 2.05. The summed E-state index contributed by atoms with van der Waals surface area (Å²) in [4.78, 5) is 15.8. The standard InChI is InChI=1S/C16H13ClFNO2/c1-2-21-16(20)11-5-3-7-13(9-11)19-10-12-6-4-8-14(18)15(12)17/h3-10H,2H2,1H3. The lowest BCUT2D eigenvalue weighted by molar-refractivity contribution is 0.0526. The van der Waals surface area contributed by atoms with Crippen LogP contribution in [0.25, 0.3) is 0 Å². The lowest BCUT2D eigenvalue weighted by atomic mass is 10.2. The summed E-state index contributed by atoms with van der Waals surface area (Å²) in [5.74, 6) is -0.903. The molecule has 5 heteroatoms. The van der Waals surface area contributed by atoms with Crippen LogP contribution in [0.15, 0.2) is 47.5 Å². The van der Waals surface area contributed by atoms with Crippen LogP contribution in [0.2, 0.25) is 5.02 Å². The maximum atomic E-state index is 13.3. The quantitative estimate of drug-likeness (QED) is 0.620. The van der Waals surface area contributed by atoms with E-state index in [0.29, 0.717) is 23.4 Å². The van der Waals surface area contributed by atoms with Crippen molar-refractivity contribution in [2.75, 3.05) is 6.61 Å². The molecular formula is C16H13ClFNO2. The van der Waals surface area contributed by atoms with Gasteiger partial charge in [0.2, 0.25) is 0 Å². The number of aliphatic imine (C=N–C) groups is 1. The average Bonchev–Trinajstić information content (AvgIpc) is 2.49. The molecule has 2 aromatic carbocycles. The summed E-state index contributed by atoms with van der Waals surface area (Å²) in [7, 11) is 0. The normalized spacial score (nSPS) is 10.8. The van der Waals surface area contributed by atoms with Gasteiger partial charge in [-0.1, -0.05) is 29.8 Å². The summed E-state index contributed by atoms with van der Waals surface area (Å²) in [6.07, 6.45) is 1.45. The molecular weight excluding hydrogens is 293 g/mol. The molecule has 2 aromatic rings. The number of rotatable bonds is 4. The van der Waals surface area contributed by atoms with Gasteiger partial charge in [0.25, 0.3) is 0 Å². The highest BCUT2D eigenvalue weighted by Gasteiger charge is 2.06. The molecule has 0 saturated carbocycles. The number of carbonyl (C=O) groups is 1. The van der Waals surface area contributed by atoms with Crippen molar-refractivity contribution in [3.05, 3.63) is 64.4 Å². The topological polar surface area (TPSA) is 38.7 Å². The van der Waals surface area contributed by atoms with E-state index in [0.717, 1.165) is 0 Å². The monoisotopic (exact) mass is 305 g/mol. The maximum absolute atomic E-state index is 13.3. The van der Waals surface area contributed by atoms with Crippen LogP contribution in [-0.2, 0) is 4.74 Å². The minimum atomic E-state index is -0.499. The molecule has 0 atom stereocenters. The van der Waals surface area contributed by atoms with E-state index in [1.165, 1.54) is 12.3 Å². The molecule has 0 aromatic heterocycles. The molecule has 2 rings (SSSR count). The molecule has 0 fully saturated rings. The van der Waals surface area contributed by atoms with Gasteiger partial charge in [0.05, 0.1) is 22.9 Å². The maximum Gasteiger partial charge on any atom is 0.338 e. The summed E-state index contributed by atoms with van der Waals surface area (Å²) in [5.41, 5.74) is 1.44. The first-order valence-electron chi connectivity index (χ1n) is 6.37. The van der Waals surface area contributed by atoms with E-state index < -0.39 is 11.8 Å². The second-order valence-electron chi connectivity index (χ2n) is 4.17. The van der Waals surface area contributed by atoms with E-state index in [9.17, 15) is 9.18 Å². The highest BCUT2D eigenvalue weighted by atomic mass is 35.5. The lowest BCUT2D eigenvalue weighted by Crippen LogP contribution is -2.03. The molecule has 0 radical (unpaired) electrons. The third-order valence-corrected chi connectivity index (χ3v) is 3.09. The summed E-state index contributed by atoms with van der Waals surface area (Å²) < 4.78 is 18.2. The van der Waals surface area contributed by atoms with E-state index >= 15 is 0 Å². The van der Waals surface area contributed by atoms with Crippen LogP contribution >= 0.6 is 11.6 Å².